The summed E-state index contributed by atoms with van der Waals surface area (Å²) in [7, 11) is -3.69. The summed E-state index contributed by atoms with van der Waals surface area (Å²) in [5, 5.41) is 3.73. The highest BCUT2D eigenvalue weighted by Gasteiger charge is 2.34. The number of para-hydroxylation sites is 1. The van der Waals surface area contributed by atoms with Gasteiger partial charge in [0, 0.05) is 26.2 Å². The first-order valence-electron chi connectivity index (χ1n) is 9.26. The molecule has 0 aliphatic carbocycles. The predicted octanol–water partition coefficient (Wildman–Crippen LogP) is 1.77. The van der Waals surface area contributed by atoms with E-state index in [-0.39, 0.29) is 36.3 Å². The topological polar surface area (TPSA) is 93.0 Å². The smallest absolute Gasteiger partial charge is 0.260 e. The molecule has 1 aromatic heterocycles. The van der Waals surface area contributed by atoms with Crippen molar-refractivity contribution in [2.24, 2.45) is 0 Å². The number of piperazine rings is 1. The van der Waals surface area contributed by atoms with Crippen LogP contribution in [-0.4, -0.2) is 61.5 Å². The fourth-order valence-electron chi connectivity index (χ4n) is 3.32. The van der Waals surface area contributed by atoms with Gasteiger partial charge in [0.15, 0.2) is 12.4 Å². The van der Waals surface area contributed by atoms with Crippen molar-refractivity contribution in [3.63, 3.8) is 0 Å². The molecule has 9 heteroatoms. The van der Waals surface area contributed by atoms with E-state index in [9.17, 15) is 13.2 Å². The molecule has 0 radical (unpaired) electrons. The Hall–Kier alpha value is -2.39. The van der Waals surface area contributed by atoms with Crippen molar-refractivity contribution in [1.82, 2.24) is 14.4 Å². The van der Waals surface area contributed by atoms with Gasteiger partial charge in [0.2, 0.25) is 10.0 Å². The minimum absolute atomic E-state index is 0.0619. The van der Waals surface area contributed by atoms with Crippen molar-refractivity contribution in [3.8, 4) is 5.75 Å². The molecule has 0 bridgehead atoms. The number of ether oxygens (including phenoxy) is 1. The van der Waals surface area contributed by atoms with Crippen LogP contribution in [0, 0.1) is 13.8 Å². The molecule has 0 unspecified atom stereocenters. The van der Waals surface area contributed by atoms with E-state index in [0.717, 1.165) is 12.0 Å². The molecular formula is C19H25N3O5S. The van der Waals surface area contributed by atoms with Crippen molar-refractivity contribution in [2.45, 2.75) is 32.1 Å². The van der Waals surface area contributed by atoms with E-state index in [4.69, 9.17) is 9.26 Å². The number of rotatable bonds is 6. The largest absolute Gasteiger partial charge is 0.483 e. The molecule has 0 spiro atoms. The summed E-state index contributed by atoms with van der Waals surface area (Å²) in [6, 6.07) is 7.63. The van der Waals surface area contributed by atoms with E-state index in [2.05, 4.69) is 5.16 Å². The summed E-state index contributed by atoms with van der Waals surface area (Å²) < 4.78 is 37.7. The Morgan fingerprint density at radius 1 is 1.18 bits per heavy atom. The Morgan fingerprint density at radius 3 is 2.46 bits per heavy atom. The van der Waals surface area contributed by atoms with Crippen molar-refractivity contribution in [1.29, 1.82) is 0 Å². The van der Waals surface area contributed by atoms with Crippen LogP contribution in [0.1, 0.15) is 23.9 Å². The maximum atomic E-state index is 12.8. The predicted molar refractivity (Wildman–Crippen MR) is 103 cm³/mol. The molecule has 0 saturated carbocycles. The summed E-state index contributed by atoms with van der Waals surface area (Å²) in [5.74, 6) is 0.831. The molecule has 1 aromatic carbocycles. The van der Waals surface area contributed by atoms with Gasteiger partial charge in [-0.15, -0.1) is 0 Å². The second kappa shape index (κ2) is 8.32. The number of hydrogen-bond donors (Lipinski definition) is 0. The van der Waals surface area contributed by atoms with Crippen molar-refractivity contribution >= 4 is 15.9 Å². The van der Waals surface area contributed by atoms with Crippen molar-refractivity contribution in [3.05, 3.63) is 41.3 Å². The molecule has 0 atom stereocenters. The Balaban J connectivity index is 1.58. The number of amides is 1. The van der Waals surface area contributed by atoms with Gasteiger partial charge in [-0.25, -0.2) is 8.42 Å². The monoisotopic (exact) mass is 407 g/mol. The van der Waals surface area contributed by atoms with Gasteiger partial charge in [0.25, 0.3) is 5.91 Å². The lowest BCUT2D eigenvalue weighted by Crippen LogP contribution is -2.51. The van der Waals surface area contributed by atoms with E-state index < -0.39 is 10.0 Å². The standard InChI is InChI=1S/C19H25N3O5S/c1-4-16-7-5-6-8-17(16)26-13-18(23)21-9-11-22(12-10-21)28(24,25)19-14(2)20-27-15(19)3/h5-8H,4,9-13H2,1-3H3. The second-order valence-electron chi connectivity index (χ2n) is 6.69. The first-order valence-corrected chi connectivity index (χ1v) is 10.7. The van der Waals surface area contributed by atoms with E-state index in [1.54, 1.807) is 18.7 Å². The molecule has 8 nitrogen and oxygen atoms in total. The zero-order valence-corrected chi connectivity index (χ0v) is 17.2. The number of carbonyl (C=O) groups is 1. The number of sulfonamides is 1. The Labute approximate surface area is 165 Å². The normalized spacial score (nSPS) is 15.6. The third-order valence-corrected chi connectivity index (χ3v) is 7.01. The molecule has 28 heavy (non-hydrogen) atoms. The Kier molecular flexibility index (Phi) is 6.04. The SMILES string of the molecule is CCc1ccccc1OCC(=O)N1CCN(S(=O)(=O)c2c(C)noc2C)CC1. The minimum atomic E-state index is -3.69. The van der Waals surface area contributed by atoms with Gasteiger partial charge < -0.3 is 14.2 Å². The van der Waals surface area contributed by atoms with Crippen LogP contribution in [0.5, 0.6) is 5.75 Å². The first kappa shape index (κ1) is 20.3. The van der Waals surface area contributed by atoms with E-state index in [1.807, 2.05) is 31.2 Å². The van der Waals surface area contributed by atoms with Gasteiger partial charge in [-0.05, 0) is 31.9 Å². The van der Waals surface area contributed by atoms with Crippen LogP contribution < -0.4 is 4.74 Å². The Bertz CT molecular complexity index is 927. The summed E-state index contributed by atoms with van der Waals surface area (Å²) >= 11 is 0. The molecule has 0 N–H and O–H groups in total. The molecule has 1 saturated heterocycles. The molecule has 1 amide bonds. The zero-order chi connectivity index (χ0) is 20.3. The number of hydrogen-bond acceptors (Lipinski definition) is 6. The molecule has 2 heterocycles. The maximum Gasteiger partial charge on any atom is 0.260 e. The molecule has 152 valence electrons. The lowest BCUT2D eigenvalue weighted by molar-refractivity contribution is -0.134. The first-order chi connectivity index (χ1) is 13.3. The minimum Gasteiger partial charge on any atom is -0.483 e. The molecular weight excluding hydrogens is 382 g/mol. The fraction of sp³-hybridized carbons (Fsp3) is 0.474. The number of benzene rings is 1. The number of nitrogens with zero attached hydrogens (tertiary/aromatic N) is 3. The van der Waals surface area contributed by atoms with Crippen molar-refractivity contribution in [2.75, 3.05) is 32.8 Å². The average molecular weight is 407 g/mol. The van der Waals surface area contributed by atoms with Gasteiger partial charge in [0.05, 0.1) is 0 Å². The van der Waals surface area contributed by atoms with Crippen LogP contribution in [0.15, 0.2) is 33.7 Å². The van der Waals surface area contributed by atoms with Gasteiger partial charge in [-0.3, -0.25) is 4.79 Å². The van der Waals surface area contributed by atoms with E-state index >= 15 is 0 Å². The lowest BCUT2D eigenvalue weighted by Gasteiger charge is -2.33. The molecule has 2 aromatic rings. The maximum absolute atomic E-state index is 12.8. The van der Waals surface area contributed by atoms with Crippen LogP contribution in [0.3, 0.4) is 0 Å². The van der Waals surface area contributed by atoms with Crippen LogP contribution in [0.4, 0.5) is 0 Å². The van der Waals surface area contributed by atoms with Gasteiger partial charge in [-0.1, -0.05) is 30.3 Å². The average Bonchev–Trinajstić information content (AvgIpc) is 3.05. The van der Waals surface area contributed by atoms with E-state index in [1.165, 1.54) is 4.31 Å². The molecule has 1 aliphatic heterocycles. The highest BCUT2D eigenvalue weighted by molar-refractivity contribution is 7.89. The zero-order valence-electron chi connectivity index (χ0n) is 16.3. The van der Waals surface area contributed by atoms with Crippen LogP contribution >= 0.6 is 0 Å². The highest BCUT2D eigenvalue weighted by Crippen LogP contribution is 2.24. The summed E-state index contributed by atoms with van der Waals surface area (Å²) in [6.45, 7) is 6.25. The van der Waals surface area contributed by atoms with Gasteiger partial charge in [0.1, 0.15) is 16.3 Å². The molecule has 3 rings (SSSR count). The summed E-state index contributed by atoms with van der Waals surface area (Å²) in [5.41, 5.74) is 1.39. The summed E-state index contributed by atoms with van der Waals surface area (Å²) in [4.78, 5) is 14.2. The third-order valence-electron chi connectivity index (χ3n) is 4.86. The quantitative estimate of drug-likeness (QED) is 0.725. The number of aryl methyl sites for hydroxylation is 3. The van der Waals surface area contributed by atoms with Crippen LogP contribution in [0.2, 0.25) is 0 Å². The number of aromatic nitrogens is 1. The second-order valence-corrected chi connectivity index (χ2v) is 8.56. The van der Waals surface area contributed by atoms with Crippen LogP contribution in [-0.2, 0) is 21.2 Å². The van der Waals surface area contributed by atoms with Crippen LogP contribution in [0.25, 0.3) is 0 Å². The van der Waals surface area contributed by atoms with Crippen molar-refractivity contribution < 1.29 is 22.5 Å². The highest BCUT2D eigenvalue weighted by atomic mass is 32.2. The van der Waals surface area contributed by atoms with Gasteiger partial charge >= 0.3 is 0 Å². The Morgan fingerprint density at radius 2 is 1.86 bits per heavy atom. The molecule has 1 aliphatic rings. The number of carbonyl (C=O) groups excluding carboxylic acids is 1. The summed E-state index contributed by atoms with van der Waals surface area (Å²) in [6.07, 6.45) is 0.822. The fourth-order valence-corrected chi connectivity index (χ4v) is 5.03. The molecule has 1 fully saturated rings. The van der Waals surface area contributed by atoms with E-state index in [0.29, 0.717) is 24.5 Å². The third kappa shape index (κ3) is 4.05. The lowest BCUT2D eigenvalue weighted by atomic mass is 10.1. The van der Waals surface area contributed by atoms with Gasteiger partial charge in [-0.2, -0.15) is 4.31 Å².